The van der Waals surface area contributed by atoms with E-state index in [4.69, 9.17) is 0 Å². The molecule has 0 unspecified atom stereocenters. The van der Waals surface area contributed by atoms with Crippen LogP contribution in [0.15, 0.2) is 30.3 Å². The van der Waals surface area contributed by atoms with E-state index in [2.05, 4.69) is 51.1 Å². The third kappa shape index (κ3) is 3.95. The lowest BCUT2D eigenvalue weighted by molar-refractivity contribution is 0.485. The Morgan fingerprint density at radius 2 is 1.50 bits per heavy atom. The predicted molar refractivity (Wildman–Crippen MR) is 65.7 cm³/mol. The molecule has 0 saturated carbocycles. The van der Waals surface area contributed by atoms with Crippen LogP contribution in [0.4, 0.5) is 0 Å². The third-order valence-corrected chi connectivity index (χ3v) is 2.47. The van der Waals surface area contributed by atoms with Crippen molar-refractivity contribution in [2.75, 3.05) is 0 Å². The second-order valence-corrected chi connectivity index (χ2v) is 3.67. The molecule has 0 aliphatic heterocycles. The monoisotopic (exact) mass is 192 g/mol. The molecule has 0 heteroatoms. The Labute approximate surface area is 89.4 Å². The van der Waals surface area contributed by atoms with Gasteiger partial charge in [0, 0.05) is 0 Å². The summed E-state index contributed by atoms with van der Waals surface area (Å²) in [5.74, 6) is 1.48. The molecular formula is C14H24. The topological polar surface area (TPSA) is 0 Å². The molecule has 0 aliphatic carbocycles. The minimum atomic E-state index is 0.728. The van der Waals surface area contributed by atoms with E-state index in [1.165, 1.54) is 12.0 Å². The van der Waals surface area contributed by atoms with Gasteiger partial charge < -0.3 is 0 Å². The van der Waals surface area contributed by atoms with Crippen molar-refractivity contribution in [3.63, 3.8) is 0 Å². The Hall–Kier alpha value is -0.780. The van der Waals surface area contributed by atoms with Crippen LogP contribution in [0.3, 0.4) is 0 Å². The highest BCUT2D eigenvalue weighted by molar-refractivity contribution is 5.19. The highest BCUT2D eigenvalue weighted by Crippen LogP contribution is 2.26. The average Bonchev–Trinajstić information content (AvgIpc) is 2.23. The molecule has 0 aliphatic rings. The van der Waals surface area contributed by atoms with E-state index >= 15 is 0 Å². The summed E-state index contributed by atoms with van der Waals surface area (Å²) in [6.45, 7) is 10.8. The van der Waals surface area contributed by atoms with Gasteiger partial charge in [-0.15, -0.1) is 0 Å². The maximum absolute atomic E-state index is 2.29. The largest absolute Gasteiger partial charge is 0.0683 e. The summed E-state index contributed by atoms with van der Waals surface area (Å²) >= 11 is 0. The SMILES string of the molecule is CC.CC[C@@H](c1ccccc1)C(C)C. The molecule has 0 radical (unpaired) electrons. The fourth-order valence-corrected chi connectivity index (χ4v) is 1.79. The summed E-state index contributed by atoms with van der Waals surface area (Å²) in [5, 5.41) is 0. The Bertz CT molecular complexity index is 211. The first-order valence-electron chi connectivity index (χ1n) is 5.80. The van der Waals surface area contributed by atoms with E-state index in [9.17, 15) is 0 Å². The molecule has 1 aromatic carbocycles. The molecule has 0 spiro atoms. The van der Waals surface area contributed by atoms with Crippen molar-refractivity contribution in [2.45, 2.75) is 47.0 Å². The van der Waals surface area contributed by atoms with E-state index in [0.717, 1.165) is 11.8 Å². The lowest BCUT2D eigenvalue weighted by Gasteiger charge is -2.18. The quantitative estimate of drug-likeness (QED) is 0.641. The van der Waals surface area contributed by atoms with Crippen LogP contribution in [-0.2, 0) is 0 Å². The molecule has 1 aromatic rings. The molecule has 0 fully saturated rings. The fraction of sp³-hybridized carbons (Fsp3) is 0.571. The number of hydrogen-bond acceptors (Lipinski definition) is 0. The molecule has 0 N–H and O–H groups in total. The van der Waals surface area contributed by atoms with Gasteiger partial charge in [0.15, 0.2) is 0 Å². The molecule has 0 bridgehead atoms. The van der Waals surface area contributed by atoms with Crippen molar-refractivity contribution >= 4 is 0 Å². The first-order chi connectivity index (χ1) is 6.75. The van der Waals surface area contributed by atoms with Gasteiger partial charge in [-0.2, -0.15) is 0 Å². The van der Waals surface area contributed by atoms with Gasteiger partial charge in [-0.3, -0.25) is 0 Å². The zero-order chi connectivity index (χ0) is 11.0. The normalized spacial score (nSPS) is 11.9. The van der Waals surface area contributed by atoms with Crippen LogP contribution < -0.4 is 0 Å². The number of hydrogen-bond donors (Lipinski definition) is 0. The predicted octanol–water partition coefficient (Wildman–Crippen LogP) is 4.86. The lowest BCUT2D eigenvalue weighted by Crippen LogP contribution is -2.04. The summed E-state index contributed by atoms with van der Waals surface area (Å²) in [5.41, 5.74) is 1.48. The van der Waals surface area contributed by atoms with Crippen molar-refractivity contribution in [2.24, 2.45) is 5.92 Å². The van der Waals surface area contributed by atoms with E-state index < -0.39 is 0 Å². The molecule has 80 valence electrons. The molecule has 0 saturated heterocycles. The number of benzene rings is 1. The van der Waals surface area contributed by atoms with E-state index in [0.29, 0.717) is 0 Å². The van der Waals surface area contributed by atoms with Crippen LogP contribution >= 0.6 is 0 Å². The molecule has 0 heterocycles. The van der Waals surface area contributed by atoms with Gasteiger partial charge in [0.05, 0.1) is 0 Å². The smallest absolute Gasteiger partial charge is 0.0141 e. The van der Waals surface area contributed by atoms with Crippen molar-refractivity contribution < 1.29 is 0 Å². The van der Waals surface area contributed by atoms with Gasteiger partial charge in [0.1, 0.15) is 0 Å². The van der Waals surface area contributed by atoms with Crippen LogP contribution in [0.5, 0.6) is 0 Å². The van der Waals surface area contributed by atoms with Crippen LogP contribution in [-0.4, -0.2) is 0 Å². The molecule has 0 aromatic heterocycles. The van der Waals surface area contributed by atoms with Crippen LogP contribution in [0.2, 0.25) is 0 Å². The van der Waals surface area contributed by atoms with E-state index in [1.54, 1.807) is 0 Å². The van der Waals surface area contributed by atoms with E-state index in [-0.39, 0.29) is 0 Å². The standard InChI is InChI=1S/C12H18.C2H6/c1-4-12(10(2)3)11-8-6-5-7-9-11;1-2/h5-10,12H,4H2,1-3H3;1-2H3/t12-;/m1./s1. The minimum Gasteiger partial charge on any atom is -0.0683 e. The van der Waals surface area contributed by atoms with Gasteiger partial charge >= 0.3 is 0 Å². The number of rotatable bonds is 3. The van der Waals surface area contributed by atoms with E-state index in [1.807, 2.05) is 13.8 Å². The Morgan fingerprint density at radius 3 is 1.86 bits per heavy atom. The first kappa shape index (κ1) is 13.2. The van der Waals surface area contributed by atoms with Crippen LogP contribution in [0, 0.1) is 5.92 Å². The minimum absolute atomic E-state index is 0.728. The Kier molecular flexibility index (Phi) is 7.18. The summed E-state index contributed by atoms with van der Waals surface area (Å²) in [7, 11) is 0. The van der Waals surface area contributed by atoms with Crippen molar-refractivity contribution in [3.8, 4) is 0 Å². The molecule has 0 nitrogen and oxygen atoms in total. The van der Waals surface area contributed by atoms with Gasteiger partial charge in [-0.05, 0) is 23.8 Å². The van der Waals surface area contributed by atoms with Gasteiger partial charge in [0.25, 0.3) is 0 Å². The summed E-state index contributed by atoms with van der Waals surface area (Å²) in [4.78, 5) is 0. The fourth-order valence-electron chi connectivity index (χ4n) is 1.79. The molecule has 14 heavy (non-hydrogen) atoms. The highest BCUT2D eigenvalue weighted by Gasteiger charge is 2.11. The summed E-state index contributed by atoms with van der Waals surface area (Å²) in [6.07, 6.45) is 1.24. The van der Waals surface area contributed by atoms with Crippen molar-refractivity contribution in [3.05, 3.63) is 35.9 Å². The highest BCUT2D eigenvalue weighted by atomic mass is 14.2. The van der Waals surface area contributed by atoms with Gasteiger partial charge in [0.2, 0.25) is 0 Å². The second-order valence-electron chi connectivity index (χ2n) is 3.67. The third-order valence-electron chi connectivity index (χ3n) is 2.47. The van der Waals surface area contributed by atoms with Crippen LogP contribution in [0.25, 0.3) is 0 Å². The van der Waals surface area contributed by atoms with Gasteiger partial charge in [-0.1, -0.05) is 65.0 Å². The second kappa shape index (κ2) is 7.61. The van der Waals surface area contributed by atoms with Gasteiger partial charge in [-0.25, -0.2) is 0 Å². The molecule has 0 amide bonds. The Morgan fingerprint density at radius 1 is 1.00 bits per heavy atom. The lowest BCUT2D eigenvalue weighted by atomic mass is 9.86. The summed E-state index contributed by atoms with van der Waals surface area (Å²) < 4.78 is 0. The first-order valence-corrected chi connectivity index (χ1v) is 5.80. The maximum atomic E-state index is 2.29. The molecule has 1 rings (SSSR count). The zero-order valence-corrected chi connectivity index (χ0v) is 10.2. The Balaban J connectivity index is 0.000000791. The van der Waals surface area contributed by atoms with Crippen molar-refractivity contribution in [1.29, 1.82) is 0 Å². The van der Waals surface area contributed by atoms with Crippen LogP contribution in [0.1, 0.15) is 52.5 Å². The zero-order valence-electron chi connectivity index (χ0n) is 10.2. The maximum Gasteiger partial charge on any atom is -0.0141 e. The van der Waals surface area contributed by atoms with Crippen molar-refractivity contribution in [1.82, 2.24) is 0 Å². The molecular weight excluding hydrogens is 168 g/mol. The average molecular weight is 192 g/mol. The summed E-state index contributed by atoms with van der Waals surface area (Å²) in [6, 6.07) is 10.8. The molecule has 1 atom stereocenters.